The zero-order chi connectivity index (χ0) is 14.1. The number of Topliss-reactive ketones (excluding diaryl/α,β-unsaturated/α-hetero) is 1. The first-order valence-electron chi connectivity index (χ1n) is 6.40. The highest BCUT2D eigenvalue weighted by Gasteiger charge is 2.12. The fourth-order valence-electron chi connectivity index (χ4n) is 2.16. The number of hydrogen-bond donors (Lipinski definition) is 2. The van der Waals surface area contributed by atoms with Gasteiger partial charge in [-0.3, -0.25) is 4.79 Å². The monoisotopic (exact) mass is 413 g/mol. The van der Waals surface area contributed by atoms with E-state index in [2.05, 4.69) is 15.3 Å². The van der Waals surface area contributed by atoms with Gasteiger partial charge in [-0.2, -0.15) is 0 Å². The Morgan fingerprint density at radius 3 is 2.90 bits per heavy atom. The molecule has 0 radical (unpaired) electrons. The molecule has 0 unspecified atom stereocenters. The number of aromatic nitrogens is 2. The van der Waals surface area contributed by atoms with Gasteiger partial charge in [0, 0.05) is 28.0 Å². The number of carbonyl (C=O) groups excluding carboxylic acids is 1. The minimum Gasteiger partial charge on any atom is -0.360 e. The lowest BCUT2D eigenvalue weighted by molar-refractivity contribution is 0.101. The van der Waals surface area contributed by atoms with Crippen molar-refractivity contribution in [2.75, 3.05) is 11.9 Å². The molecule has 0 bridgehead atoms. The Morgan fingerprint density at radius 1 is 1.38 bits per heavy atom. The molecule has 2 aromatic heterocycles. The molecule has 0 atom stereocenters. The van der Waals surface area contributed by atoms with E-state index in [1.807, 2.05) is 37.4 Å². The first-order chi connectivity index (χ1) is 9.63. The third-order valence-electron chi connectivity index (χ3n) is 3.16. The first kappa shape index (κ1) is 16.0. The quantitative estimate of drug-likeness (QED) is 0.499. The number of nitrogens with one attached hydrogen (secondary N) is 2. The highest BCUT2D eigenvalue weighted by molar-refractivity contribution is 14.0. The smallest absolute Gasteiger partial charge is 0.184 e. The summed E-state index contributed by atoms with van der Waals surface area (Å²) in [6.45, 7) is 4.23. The lowest BCUT2D eigenvalue weighted by Gasteiger charge is -2.01. The lowest BCUT2D eigenvalue weighted by atomic mass is 10.1. The Labute approximate surface area is 144 Å². The fourth-order valence-corrected chi connectivity index (χ4v) is 2.84. The predicted octanol–water partition coefficient (Wildman–Crippen LogP) is 4.15. The van der Waals surface area contributed by atoms with Gasteiger partial charge in [0.1, 0.15) is 0 Å². The molecule has 0 amide bonds. The van der Waals surface area contributed by atoms with Crippen LogP contribution in [-0.2, 0) is 0 Å². The molecule has 4 nitrogen and oxygen atoms in total. The average Bonchev–Trinajstić information content (AvgIpc) is 3.01. The molecule has 3 aromatic rings. The molecule has 6 heteroatoms. The molecule has 0 aliphatic rings. The number of aromatic amines is 1. The summed E-state index contributed by atoms with van der Waals surface area (Å²) in [6, 6.07) is 6.05. The van der Waals surface area contributed by atoms with Crippen molar-refractivity contribution in [2.45, 2.75) is 13.8 Å². The van der Waals surface area contributed by atoms with Crippen LogP contribution in [0.3, 0.4) is 0 Å². The third-order valence-corrected chi connectivity index (χ3v) is 4.07. The van der Waals surface area contributed by atoms with Crippen LogP contribution in [0.1, 0.15) is 21.6 Å². The molecule has 2 N–H and O–H groups in total. The minimum atomic E-state index is 0. The summed E-state index contributed by atoms with van der Waals surface area (Å²) < 4.78 is 0. The van der Waals surface area contributed by atoms with Crippen molar-refractivity contribution < 1.29 is 4.79 Å². The van der Waals surface area contributed by atoms with E-state index in [1.54, 1.807) is 6.20 Å². The maximum absolute atomic E-state index is 12.3. The van der Waals surface area contributed by atoms with E-state index >= 15 is 0 Å². The van der Waals surface area contributed by atoms with Gasteiger partial charge in [-0.15, -0.1) is 35.3 Å². The van der Waals surface area contributed by atoms with E-state index in [-0.39, 0.29) is 36.3 Å². The second-order valence-electron chi connectivity index (χ2n) is 4.82. The van der Waals surface area contributed by atoms with Crippen LogP contribution in [0.5, 0.6) is 0 Å². The number of rotatable bonds is 4. The molecule has 0 saturated carbocycles. The summed E-state index contributed by atoms with van der Waals surface area (Å²) in [5, 5.41) is 6.79. The zero-order valence-corrected chi connectivity index (χ0v) is 14.9. The number of fused-ring (bicyclic) bond motifs is 1. The van der Waals surface area contributed by atoms with E-state index in [4.69, 9.17) is 0 Å². The summed E-state index contributed by atoms with van der Waals surface area (Å²) in [5.41, 5.74) is 3.86. The summed E-state index contributed by atoms with van der Waals surface area (Å²) >= 11 is 1.51. The number of nitrogens with zero attached hydrogens (tertiary/aromatic N) is 1. The lowest BCUT2D eigenvalue weighted by Crippen LogP contribution is -2.13. The van der Waals surface area contributed by atoms with Gasteiger partial charge in [0.15, 0.2) is 10.9 Å². The van der Waals surface area contributed by atoms with Crippen molar-refractivity contribution in [3.63, 3.8) is 0 Å². The number of ketones is 1. The largest absolute Gasteiger partial charge is 0.360 e. The standard InChI is InChI=1S/C15H15N3OS.HI/c1-9-3-4-11-12(6-16-13(11)5-9)14(19)7-17-15-18-10(2)8-20-15;/h3-6,8,16H,7H2,1-2H3,(H,17,18);1H. The zero-order valence-electron chi connectivity index (χ0n) is 11.8. The molecule has 21 heavy (non-hydrogen) atoms. The van der Waals surface area contributed by atoms with E-state index in [9.17, 15) is 4.79 Å². The fraction of sp³-hybridized carbons (Fsp3) is 0.200. The predicted molar refractivity (Wildman–Crippen MR) is 98.1 cm³/mol. The minimum absolute atomic E-state index is 0. The number of benzene rings is 1. The Bertz CT molecular complexity index is 778. The number of halogens is 1. The van der Waals surface area contributed by atoms with Gasteiger partial charge >= 0.3 is 0 Å². The molecule has 0 fully saturated rings. The number of anilines is 1. The van der Waals surface area contributed by atoms with Crippen LogP contribution in [0.25, 0.3) is 10.9 Å². The molecule has 2 heterocycles. The van der Waals surface area contributed by atoms with Gasteiger partial charge in [0.2, 0.25) is 0 Å². The highest BCUT2D eigenvalue weighted by atomic mass is 127. The summed E-state index contributed by atoms with van der Waals surface area (Å²) in [6.07, 6.45) is 1.78. The second-order valence-corrected chi connectivity index (χ2v) is 5.68. The number of aryl methyl sites for hydroxylation is 2. The van der Waals surface area contributed by atoms with E-state index in [0.29, 0.717) is 0 Å². The van der Waals surface area contributed by atoms with Gasteiger partial charge in [-0.05, 0) is 25.5 Å². The van der Waals surface area contributed by atoms with Crippen LogP contribution in [0.2, 0.25) is 0 Å². The normalized spacial score (nSPS) is 10.4. The van der Waals surface area contributed by atoms with Crippen LogP contribution in [0, 0.1) is 13.8 Å². The van der Waals surface area contributed by atoms with Crippen LogP contribution in [0.4, 0.5) is 5.13 Å². The maximum atomic E-state index is 12.3. The summed E-state index contributed by atoms with van der Waals surface area (Å²) in [7, 11) is 0. The van der Waals surface area contributed by atoms with Crippen LogP contribution >= 0.6 is 35.3 Å². The van der Waals surface area contributed by atoms with E-state index in [1.165, 1.54) is 16.9 Å². The molecular formula is C15H16IN3OS. The number of H-pyrrole nitrogens is 1. The molecule has 0 spiro atoms. The molecule has 0 aliphatic heterocycles. The second kappa shape index (κ2) is 6.57. The molecule has 0 saturated heterocycles. The van der Waals surface area contributed by atoms with Gasteiger partial charge in [0.25, 0.3) is 0 Å². The van der Waals surface area contributed by atoms with Crippen molar-refractivity contribution in [3.05, 3.63) is 46.6 Å². The topological polar surface area (TPSA) is 57.8 Å². The highest BCUT2D eigenvalue weighted by Crippen LogP contribution is 2.20. The summed E-state index contributed by atoms with van der Waals surface area (Å²) in [4.78, 5) is 19.7. The van der Waals surface area contributed by atoms with Gasteiger partial charge in [0.05, 0.1) is 12.2 Å². The molecular weight excluding hydrogens is 397 g/mol. The van der Waals surface area contributed by atoms with E-state index in [0.717, 1.165) is 27.3 Å². The Hall–Kier alpha value is -1.41. The third kappa shape index (κ3) is 3.44. The van der Waals surface area contributed by atoms with Crippen molar-refractivity contribution in [2.24, 2.45) is 0 Å². The molecule has 0 aliphatic carbocycles. The number of hydrogen-bond acceptors (Lipinski definition) is 4. The van der Waals surface area contributed by atoms with Gasteiger partial charge < -0.3 is 10.3 Å². The van der Waals surface area contributed by atoms with Gasteiger partial charge in [-0.1, -0.05) is 12.1 Å². The first-order valence-corrected chi connectivity index (χ1v) is 7.28. The number of carbonyl (C=O) groups is 1. The van der Waals surface area contributed by atoms with Crippen LogP contribution < -0.4 is 5.32 Å². The van der Waals surface area contributed by atoms with Crippen molar-refractivity contribution in [1.82, 2.24) is 9.97 Å². The average molecular weight is 413 g/mol. The van der Waals surface area contributed by atoms with Crippen molar-refractivity contribution in [3.8, 4) is 0 Å². The van der Waals surface area contributed by atoms with E-state index < -0.39 is 0 Å². The Morgan fingerprint density at radius 2 is 2.19 bits per heavy atom. The van der Waals surface area contributed by atoms with Crippen molar-refractivity contribution in [1.29, 1.82) is 0 Å². The van der Waals surface area contributed by atoms with Crippen LogP contribution in [0.15, 0.2) is 29.8 Å². The SMILES string of the molecule is Cc1ccc2c(C(=O)CNc3nc(C)cs3)c[nH]c2c1.I. The summed E-state index contributed by atoms with van der Waals surface area (Å²) in [5.74, 6) is 0.0629. The van der Waals surface area contributed by atoms with Gasteiger partial charge in [-0.25, -0.2) is 4.98 Å². The molecule has 3 rings (SSSR count). The molecule has 1 aromatic carbocycles. The Balaban J connectivity index is 0.00000161. The van der Waals surface area contributed by atoms with Crippen molar-refractivity contribution >= 4 is 57.1 Å². The van der Waals surface area contributed by atoms with Crippen LogP contribution in [-0.4, -0.2) is 22.3 Å². The Kier molecular flexibility index (Phi) is 5.00. The number of thiazole rings is 1. The molecule has 110 valence electrons. The maximum Gasteiger partial charge on any atom is 0.184 e.